The largest absolute Gasteiger partial charge is 0.489 e. The Morgan fingerprint density at radius 1 is 1.41 bits per heavy atom. The Balaban J connectivity index is 1.92. The normalized spacial score (nSPS) is 17.1. The van der Waals surface area contributed by atoms with Gasteiger partial charge in [0.25, 0.3) is 0 Å². The van der Waals surface area contributed by atoms with Crippen LogP contribution in [0.5, 0.6) is 5.75 Å². The highest BCUT2D eigenvalue weighted by Gasteiger charge is 2.27. The van der Waals surface area contributed by atoms with Gasteiger partial charge in [-0.05, 0) is 18.6 Å². The second kappa shape index (κ2) is 4.99. The van der Waals surface area contributed by atoms with Crippen molar-refractivity contribution in [3.05, 3.63) is 29.8 Å². The van der Waals surface area contributed by atoms with E-state index < -0.39 is 11.8 Å². The lowest BCUT2D eigenvalue weighted by Crippen LogP contribution is -2.25. The van der Waals surface area contributed by atoms with E-state index in [-0.39, 0.29) is 19.1 Å². The Hall–Kier alpha value is -1.84. The summed E-state index contributed by atoms with van der Waals surface area (Å²) in [4.78, 5) is 22.7. The minimum atomic E-state index is -0.771. The Kier molecular flexibility index (Phi) is 3.42. The van der Waals surface area contributed by atoms with E-state index in [0.29, 0.717) is 6.42 Å². The molecule has 0 spiro atoms. The highest BCUT2D eigenvalue weighted by molar-refractivity contribution is 6.33. The average molecular weight is 234 g/mol. The van der Waals surface area contributed by atoms with Crippen molar-refractivity contribution in [2.75, 3.05) is 6.61 Å². The first-order valence-electron chi connectivity index (χ1n) is 5.65. The van der Waals surface area contributed by atoms with Crippen molar-refractivity contribution in [2.24, 2.45) is 0 Å². The molecular weight excluding hydrogens is 220 g/mol. The van der Waals surface area contributed by atoms with Crippen molar-refractivity contribution in [1.29, 1.82) is 0 Å². The number of fused-ring (bicyclic) bond motifs is 1. The molecule has 0 radical (unpaired) electrons. The Bertz CT molecular complexity index is 414. The molecule has 1 aromatic carbocycles. The molecule has 0 aromatic heterocycles. The van der Waals surface area contributed by atoms with Crippen LogP contribution in [0.25, 0.3) is 0 Å². The molecule has 1 unspecified atom stereocenters. The van der Waals surface area contributed by atoms with Crippen LogP contribution in [0.2, 0.25) is 0 Å². The molecule has 0 saturated heterocycles. The fraction of sp³-hybridized carbons (Fsp3) is 0.385. The van der Waals surface area contributed by atoms with Gasteiger partial charge in [-0.15, -0.1) is 0 Å². The Morgan fingerprint density at radius 3 is 2.88 bits per heavy atom. The summed E-state index contributed by atoms with van der Waals surface area (Å²) in [6, 6.07) is 7.64. The van der Waals surface area contributed by atoms with Gasteiger partial charge >= 0.3 is 5.97 Å². The maximum Gasteiger partial charge on any atom is 0.374 e. The highest BCUT2D eigenvalue weighted by atomic mass is 16.5. The van der Waals surface area contributed by atoms with Gasteiger partial charge in [-0.25, -0.2) is 4.79 Å². The van der Waals surface area contributed by atoms with E-state index in [2.05, 4.69) is 4.74 Å². The molecule has 90 valence electrons. The van der Waals surface area contributed by atoms with Gasteiger partial charge in [0.05, 0.1) is 13.0 Å². The molecule has 1 aromatic rings. The molecule has 1 aliphatic rings. The molecule has 0 amide bonds. The summed E-state index contributed by atoms with van der Waals surface area (Å²) in [5.41, 5.74) is 1.08. The lowest BCUT2D eigenvalue weighted by Gasteiger charge is -2.08. The Morgan fingerprint density at radius 2 is 2.18 bits per heavy atom. The summed E-state index contributed by atoms with van der Waals surface area (Å²) in [5.74, 6) is -0.495. The second-order valence-corrected chi connectivity index (χ2v) is 3.90. The van der Waals surface area contributed by atoms with Crippen LogP contribution < -0.4 is 4.74 Å². The number of carbonyl (C=O) groups is 2. The first kappa shape index (κ1) is 11.6. The van der Waals surface area contributed by atoms with Crippen LogP contribution in [0.1, 0.15) is 18.9 Å². The van der Waals surface area contributed by atoms with E-state index in [9.17, 15) is 9.59 Å². The third-order valence-corrected chi connectivity index (χ3v) is 2.63. The fourth-order valence-electron chi connectivity index (χ4n) is 1.87. The zero-order valence-corrected chi connectivity index (χ0v) is 9.64. The van der Waals surface area contributed by atoms with Gasteiger partial charge in [-0.1, -0.05) is 18.2 Å². The summed E-state index contributed by atoms with van der Waals surface area (Å²) in [6.07, 6.45) is 0.499. The lowest BCUT2D eigenvalue weighted by atomic mass is 10.1. The Labute approximate surface area is 99.5 Å². The predicted octanol–water partition coefficient (Wildman–Crippen LogP) is 1.51. The van der Waals surface area contributed by atoms with Crippen LogP contribution >= 0.6 is 0 Å². The van der Waals surface area contributed by atoms with E-state index in [0.717, 1.165) is 11.3 Å². The first-order chi connectivity index (χ1) is 8.20. The summed E-state index contributed by atoms with van der Waals surface area (Å²) < 4.78 is 10.2. The molecule has 4 heteroatoms. The molecular formula is C13H14O4. The third kappa shape index (κ3) is 2.64. The number of ether oxygens (including phenoxy) is 2. The molecule has 0 fully saturated rings. The molecule has 2 rings (SSSR count). The smallest absolute Gasteiger partial charge is 0.374 e. The first-order valence-corrected chi connectivity index (χ1v) is 5.65. The third-order valence-electron chi connectivity index (χ3n) is 2.63. The molecule has 0 aliphatic carbocycles. The highest BCUT2D eigenvalue weighted by Crippen LogP contribution is 2.29. The maximum atomic E-state index is 11.5. The topological polar surface area (TPSA) is 52.6 Å². The van der Waals surface area contributed by atoms with Crippen molar-refractivity contribution >= 4 is 11.8 Å². The van der Waals surface area contributed by atoms with Gasteiger partial charge in [-0.3, -0.25) is 4.79 Å². The molecule has 0 N–H and O–H groups in total. The number of hydrogen-bond donors (Lipinski definition) is 0. The van der Waals surface area contributed by atoms with Crippen LogP contribution in [-0.2, 0) is 20.7 Å². The summed E-state index contributed by atoms with van der Waals surface area (Å²) >= 11 is 0. The minimum Gasteiger partial charge on any atom is -0.489 e. The van der Waals surface area contributed by atoms with Crippen LogP contribution in [0.3, 0.4) is 0 Å². The number of hydrogen-bond acceptors (Lipinski definition) is 4. The van der Waals surface area contributed by atoms with E-state index in [4.69, 9.17) is 4.74 Å². The van der Waals surface area contributed by atoms with Gasteiger partial charge in [0.15, 0.2) is 0 Å². The quantitative estimate of drug-likeness (QED) is 0.585. The number of carbonyl (C=O) groups excluding carboxylic acids is 2. The van der Waals surface area contributed by atoms with Crippen molar-refractivity contribution in [3.63, 3.8) is 0 Å². The number of Topliss-reactive ketones (excluding diaryl/α,β-unsaturated/α-hetero) is 1. The van der Waals surface area contributed by atoms with Crippen molar-refractivity contribution < 1.29 is 19.1 Å². The minimum absolute atomic E-state index is 0.0769. The summed E-state index contributed by atoms with van der Waals surface area (Å²) in [5, 5.41) is 0. The second-order valence-electron chi connectivity index (χ2n) is 3.90. The SMILES string of the molecule is CCOC(=O)C(=O)CC1Cc2ccccc2O1. The van der Waals surface area contributed by atoms with Gasteiger partial charge in [-0.2, -0.15) is 0 Å². The summed E-state index contributed by atoms with van der Waals surface area (Å²) in [6.45, 7) is 1.89. The van der Waals surface area contributed by atoms with Gasteiger partial charge in [0.2, 0.25) is 5.78 Å². The lowest BCUT2D eigenvalue weighted by molar-refractivity contribution is -0.154. The maximum absolute atomic E-state index is 11.5. The zero-order chi connectivity index (χ0) is 12.3. The molecule has 0 bridgehead atoms. The molecule has 4 nitrogen and oxygen atoms in total. The van der Waals surface area contributed by atoms with E-state index >= 15 is 0 Å². The number of esters is 1. The number of rotatable bonds is 4. The van der Waals surface area contributed by atoms with Crippen LogP contribution in [0.4, 0.5) is 0 Å². The monoisotopic (exact) mass is 234 g/mol. The van der Waals surface area contributed by atoms with E-state index in [1.165, 1.54) is 0 Å². The van der Waals surface area contributed by atoms with Crippen LogP contribution in [-0.4, -0.2) is 24.5 Å². The number of benzene rings is 1. The molecule has 1 atom stereocenters. The van der Waals surface area contributed by atoms with Crippen LogP contribution in [0.15, 0.2) is 24.3 Å². The number of ketones is 1. The van der Waals surface area contributed by atoms with Gasteiger partial charge < -0.3 is 9.47 Å². The fourth-order valence-corrected chi connectivity index (χ4v) is 1.87. The van der Waals surface area contributed by atoms with Crippen LogP contribution in [0, 0.1) is 0 Å². The molecule has 17 heavy (non-hydrogen) atoms. The van der Waals surface area contributed by atoms with E-state index in [1.807, 2.05) is 24.3 Å². The average Bonchev–Trinajstić information content (AvgIpc) is 2.71. The molecule has 0 saturated carbocycles. The van der Waals surface area contributed by atoms with Crippen molar-refractivity contribution in [1.82, 2.24) is 0 Å². The number of para-hydroxylation sites is 1. The van der Waals surface area contributed by atoms with Crippen molar-refractivity contribution in [3.8, 4) is 5.75 Å². The molecule has 1 aliphatic heterocycles. The van der Waals surface area contributed by atoms with Gasteiger partial charge in [0, 0.05) is 6.42 Å². The summed E-state index contributed by atoms with van der Waals surface area (Å²) in [7, 11) is 0. The predicted molar refractivity (Wildman–Crippen MR) is 60.8 cm³/mol. The zero-order valence-electron chi connectivity index (χ0n) is 9.64. The standard InChI is InChI=1S/C13H14O4/c1-2-16-13(15)11(14)8-10-7-9-5-3-4-6-12(9)17-10/h3-6,10H,2,7-8H2,1H3. The van der Waals surface area contributed by atoms with Gasteiger partial charge in [0.1, 0.15) is 11.9 Å². The van der Waals surface area contributed by atoms with Crippen molar-refractivity contribution in [2.45, 2.75) is 25.9 Å². The molecule has 1 heterocycles. The van der Waals surface area contributed by atoms with E-state index in [1.54, 1.807) is 6.92 Å².